The van der Waals surface area contributed by atoms with Gasteiger partial charge in [-0.25, -0.2) is 19.5 Å². The van der Waals surface area contributed by atoms with Crippen molar-refractivity contribution in [2.45, 2.75) is 109 Å². The fraction of sp³-hybridized carbons (Fsp3) is 0.426. The molecule has 5 aromatic rings. The number of carbonyl (C=O) groups excluding carboxylic acids is 2. The van der Waals surface area contributed by atoms with Crippen molar-refractivity contribution in [2.75, 3.05) is 13.2 Å². The van der Waals surface area contributed by atoms with E-state index in [0.717, 1.165) is 58.3 Å². The number of hydrogen-bond acceptors (Lipinski definition) is 6. The maximum absolute atomic E-state index is 14.4. The first kappa shape index (κ1) is 39.3. The molecule has 1 fully saturated rings. The number of urea groups is 1. The van der Waals surface area contributed by atoms with Crippen LogP contribution >= 0.6 is 0 Å². The van der Waals surface area contributed by atoms with Gasteiger partial charge in [-0.15, -0.1) is 0 Å². The summed E-state index contributed by atoms with van der Waals surface area (Å²) in [5.41, 5.74) is 7.15. The number of fused-ring (bicyclic) bond motifs is 4. The third-order valence-corrected chi connectivity index (χ3v) is 16.6. The molecule has 4 aromatic carbocycles. The first-order chi connectivity index (χ1) is 27.0. The second-order valence-electron chi connectivity index (χ2n) is 17.2. The van der Waals surface area contributed by atoms with Crippen LogP contribution in [0.5, 0.6) is 5.75 Å². The van der Waals surface area contributed by atoms with Gasteiger partial charge in [0, 0.05) is 24.9 Å². The monoisotopic (exact) mass is 771 g/mol. The SMILES string of the molecule is CC(C)(C)[Si](C)(C)Oc1ccccc1CC[C@@H](Cc1nc2ccccc2o1)NC(=O)N(CCC1CCCCC1)C(=O)OCC1c2ccccc2-c2ccccc21. The Morgan fingerprint density at radius 2 is 1.52 bits per heavy atom. The number of rotatable bonds is 13. The van der Waals surface area contributed by atoms with Crippen LogP contribution in [0.1, 0.15) is 94.2 Å². The first-order valence-corrected chi connectivity index (χ1v) is 23.4. The van der Waals surface area contributed by atoms with Crippen LogP contribution in [0.2, 0.25) is 18.1 Å². The van der Waals surface area contributed by atoms with Crippen LogP contribution in [0.4, 0.5) is 9.59 Å². The number of para-hydroxylation sites is 3. The molecule has 0 saturated heterocycles. The lowest BCUT2D eigenvalue weighted by atomic mass is 9.87. The number of ether oxygens (including phenoxy) is 1. The van der Waals surface area contributed by atoms with E-state index in [4.69, 9.17) is 18.6 Å². The molecule has 1 heterocycles. The molecule has 56 heavy (non-hydrogen) atoms. The first-order valence-electron chi connectivity index (χ1n) is 20.5. The molecule has 2 aliphatic carbocycles. The third kappa shape index (κ3) is 9.04. The van der Waals surface area contributed by atoms with Crippen LogP contribution in [0.3, 0.4) is 0 Å². The molecule has 2 aliphatic rings. The van der Waals surface area contributed by atoms with Crippen molar-refractivity contribution in [3.8, 4) is 16.9 Å². The maximum Gasteiger partial charge on any atom is 0.418 e. The van der Waals surface area contributed by atoms with Crippen molar-refractivity contribution in [3.05, 3.63) is 120 Å². The minimum Gasteiger partial charge on any atom is -0.543 e. The summed E-state index contributed by atoms with van der Waals surface area (Å²) in [5, 5.41) is 3.30. The number of hydrogen-bond donors (Lipinski definition) is 1. The Hall–Kier alpha value is -4.89. The van der Waals surface area contributed by atoms with Gasteiger partial charge in [-0.3, -0.25) is 0 Å². The number of aromatic nitrogens is 1. The molecule has 1 atom stereocenters. The van der Waals surface area contributed by atoms with E-state index >= 15 is 0 Å². The van der Waals surface area contributed by atoms with Gasteiger partial charge in [0.25, 0.3) is 0 Å². The van der Waals surface area contributed by atoms with E-state index < -0.39 is 20.4 Å². The number of nitrogens with one attached hydrogen (secondary N) is 1. The fourth-order valence-electron chi connectivity index (χ4n) is 8.00. The summed E-state index contributed by atoms with van der Waals surface area (Å²) in [6, 6.07) is 31.6. The van der Waals surface area contributed by atoms with Crippen LogP contribution in [0.15, 0.2) is 101 Å². The van der Waals surface area contributed by atoms with E-state index in [0.29, 0.717) is 43.2 Å². The van der Waals surface area contributed by atoms with Crippen LogP contribution in [0.25, 0.3) is 22.2 Å². The molecule has 0 unspecified atom stereocenters. The van der Waals surface area contributed by atoms with Gasteiger partial charge in [0.05, 0.1) is 0 Å². The second-order valence-corrected chi connectivity index (χ2v) is 21.9. The molecule has 0 aliphatic heterocycles. The highest BCUT2D eigenvalue weighted by Crippen LogP contribution is 2.44. The number of benzene rings is 4. The Kier molecular flexibility index (Phi) is 12.0. The van der Waals surface area contributed by atoms with Crippen molar-refractivity contribution in [1.29, 1.82) is 0 Å². The minimum absolute atomic E-state index is 0.0454. The smallest absolute Gasteiger partial charge is 0.418 e. The van der Waals surface area contributed by atoms with Crippen LogP contribution < -0.4 is 9.74 Å². The summed E-state index contributed by atoms with van der Waals surface area (Å²) >= 11 is 0. The average Bonchev–Trinajstić information content (AvgIpc) is 3.74. The minimum atomic E-state index is -2.10. The zero-order valence-corrected chi connectivity index (χ0v) is 34.7. The van der Waals surface area contributed by atoms with Gasteiger partial charge < -0.3 is 18.9 Å². The van der Waals surface area contributed by atoms with Crippen molar-refractivity contribution in [1.82, 2.24) is 15.2 Å². The molecule has 8 nitrogen and oxygen atoms in total. The van der Waals surface area contributed by atoms with Gasteiger partial charge in [-0.1, -0.05) is 132 Å². The Balaban J connectivity index is 1.11. The van der Waals surface area contributed by atoms with Gasteiger partial charge in [0.15, 0.2) is 11.5 Å². The predicted molar refractivity (Wildman–Crippen MR) is 226 cm³/mol. The molecule has 1 N–H and O–H groups in total. The van der Waals surface area contributed by atoms with Crippen molar-refractivity contribution in [2.24, 2.45) is 5.92 Å². The van der Waals surface area contributed by atoms with E-state index in [2.05, 4.69) is 69.5 Å². The molecular weight excluding hydrogens is 715 g/mol. The number of amides is 3. The van der Waals surface area contributed by atoms with Crippen molar-refractivity contribution in [3.63, 3.8) is 0 Å². The molecule has 0 radical (unpaired) electrons. The van der Waals surface area contributed by atoms with Crippen LogP contribution in [-0.2, 0) is 17.6 Å². The van der Waals surface area contributed by atoms with Gasteiger partial charge in [-0.2, -0.15) is 0 Å². The number of imide groups is 1. The average molecular weight is 772 g/mol. The molecule has 7 rings (SSSR count). The van der Waals surface area contributed by atoms with E-state index in [9.17, 15) is 9.59 Å². The summed E-state index contributed by atoms with van der Waals surface area (Å²) in [5.74, 6) is 1.81. The summed E-state index contributed by atoms with van der Waals surface area (Å²) < 4.78 is 19.1. The van der Waals surface area contributed by atoms with Gasteiger partial charge in [0.1, 0.15) is 17.9 Å². The van der Waals surface area contributed by atoms with Gasteiger partial charge in [-0.05, 0) is 89.3 Å². The standard InChI is InChI=1S/C47H57N3O5Si/c1-47(2,3)56(4,5)55-42-25-15-9-19-34(42)27-28-35(31-44-49-41-24-14-16-26-43(41)54-44)48-45(51)50(30-29-33-17-7-6-8-18-33)46(52)53-32-40-38-22-12-10-20-36(38)37-21-11-13-23-39(37)40/h9-16,19-26,33,35,40H,6-8,17-18,27-32H2,1-5H3,(H,48,51)/t35-/m0/s1. The highest BCUT2D eigenvalue weighted by atomic mass is 28.4. The molecule has 3 amide bonds. The van der Waals surface area contributed by atoms with E-state index in [1.54, 1.807) is 0 Å². The summed E-state index contributed by atoms with van der Waals surface area (Å²) in [6.45, 7) is 11.7. The number of nitrogens with zero attached hydrogens (tertiary/aromatic N) is 2. The Labute approximate surface area is 333 Å². The molecule has 1 aromatic heterocycles. The van der Waals surface area contributed by atoms with Gasteiger partial charge in [0.2, 0.25) is 8.32 Å². The summed E-state index contributed by atoms with van der Waals surface area (Å²) in [6.07, 6.45) is 7.62. The third-order valence-electron chi connectivity index (χ3n) is 12.3. The molecule has 0 spiro atoms. The Morgan fingerprint density at radius 1 is 0.875 bits per heavy atom. The maximum atomic E-state index is 14.4. The summed E-state index contributed by atoms with van der Waals surface area (Å²) in [7, 11) is -2.10. The summed E-state index contributed by atoms with van der Waals surface area (Å²) in [4.78, 5) is 34.6. The molecule has 9 heteroatoms. The zero-order valence-electron chi connectivity index (χ0n) is 33.7. The molecular formula is C47H57N3O5Si. The highest BCUT2D eigenvalue weighted by Gasteiger charge is 2.39. The fourth-order valence-corrected chi connectivity index (χ4v) is 9.05. The largest absolute Gasteiger partial charge is 0.543 e. The molecule has 294 valence electrons. The number of carbonyl (C=O) groups is 2. The topological polar surface area (TPSA) is 93.9 Å². The van der Waals surface area contributed by atoms with E-state index in [1.807, 2.05) is 66.7 Å². The second kappa shape index (κ2) is 17.1. The number of oxazole rings is 1. The lowest BCUT2D eigenvalue weighted by molar-refractivity contribution is 0.103. The Morgan fingerprint density at radius 3 is 2.21 bits per heavy atom. The lowest BCUT2D eigenvalue weighted by Crippen LogP contribution is -2.49. The van der Waals surface area contributed by atoms with Crippen molar-refractivity contribution >= 4 is 31.5 Å². The van der Waals surface area contributed by atoms with Crippen LogP contribution in [0, 0.1) is 5.92 Å². The Bertz CT molecular complexity index is 2050. The van der Waals surface area contributed by atoms with Crippen LogP contribution in [-0.4, -0.2) is 49.5 Å². The normalized spacial score (nSPS) is 15.2. The van der Waals surface area contributed by atoms with E-state index in [1.165, 1.54) is 24.2 Å². The highest BCUT2D eigenvalue weighted by molar-refractivity contribution is 6.74. The molecule has 1 saturated carbocycles. The van der Waals surface area contributed by atoms with Crippen molar-refractivity contribution < 1.29 is 23.2 Å². The zero-order chi connectivity index (χ0) is 39.3. The van der Waals surface area contributed by atoms with Gasteiger partial charge >= 0.3 is 12.1 Å². The van der Waals surface area contributed by atoms with E-state index in [-0.39, 0.29) is 23.6 Å². The lowest BCUT2D eigenvalue weighted by Gasteiger charge is -2.37. The predicted octanol–water partition coefficient (Wildman–Crippen LogP) is 11.7. The molecule has 0 bridgehead atoms. The quantitative estimate of drug-likeness (QED) is 0.120. The number of aryl methyl sites for hydroxylation is 1.